The first kappa shape index (κ1) is 92.7. The standard InChI is InChI=1S/C24H20O3S.C23H24O3S.C23H18O3S.C22H22O3S.C19H14O3S/c1-17(2)23(25)27-24(16-18-10-4-3-5-11-18)19-12-6-8-14-21(19)28(26)22-15-9-7-13-20(22)24;2*1-16(2)22(24)26-23(17-10-4-3-5-11-17)18-12-6-8-14-20(18)27(25)21-15-9-7-13-19(21)23;1-15(2)21(23)25-22(16-9-3-4-10-16)17-11-5-7-13-19(17)26(24)20-14-8-6-12-18(20)22;1-4-19(22-18(20)13(2)3)14-9-5-7-11-16(14)23(21)17-12-8-6-10-15(17)19/h3-15H,1,16H2,2H3;6-9,12-15,17H,1,3-5,10-11H2,2H3;3-15H,1H2,2H3;5-8,11-14,16H,1,3-4,9-10H2,2H3;1,5-12H,2H2,3H3. The highest BCUT2D eigenvalue weighted by Gasteiger charge is 2.56. The molecular weight excluding hydrogens is 1730 g/mol. The van der Waals surface area contributed by atoms with Gasteiger partial charge < -0.3 is 23.7 Å². The summed E-state index contributed by atoms with van der Waals surface area (Å²) in [4.78, 5) is 69.8. The van der Waals surface area contributed by atoms with E-state index in [0.717, 1.165) is 115 Å². The van der Waals surface area contributed by atoms with Gasteiger partial charge in [0.05, 0.1) is 103 Å². The number of fused-ring (bicyclic) bond motifs is 10. The molecule has 2 saturated carbocycles. The lowest BCUT2D eigenvalue weighted by molar-refractivity contribution is -0.160. The summed E-state index contributed by atoms with van der Waals surface area (Å²) in [6.45, 7) is 26.8. The number of hydrogen-bond donors (Lipinski definition) is 0. The smallest absolute Gasteiger partial charge is 0.335 e. The molecule has 2 fully saturated rings. The fourth-order valence-electron chi connectivity index (χ4n) is 18.6. The normalized spacial score (nSPS) is 22.2. The average molecular weight is 1830 g/mol. The second kappa shape index (κ2) is 39.4. The predicted molar refractivity (Wildman–Crippen MR) is 509 cm³/mol. The second-order valence-corrected chi connectivity index (χ2v) is 40.4. The van der Waals surface area contributed by atoms with E-state index < -0.39 is 112 Å². The van der Waals surface area contributed by atoms with Crippen molar-refractivity contribution in [2.24, 2.45) is 11.8 Å². The molecule has 12 aromatic rings. The van der Waals surface area contributed by atoms with Gasteiger partial charge in [-0.05, 0) is 132 Å². The highest BCUT2D eigenvalue weighted by molar-refractivity contribution is 7.86. The van der Waals surface area contributed by atoms with Gasteiger partial charge in [0.25, 0.3) is 0 Å². The maximum Gasteiger partial charge on any atom is 0.335 e. The SMILES string of the molecule is C#CC1(OC(=O)C(=C)C)c2ccccc2S(=O)c2ccccc21.C=C(C)C(=O)OC1(C2CCCC2)c2ccccc2S(=O)c2ccccc21.C=C(C)C(=O)OC1(C2CCCCC2)c2ccccc2S(=O)c2ccccc21.C=C(C)C(=O)OC1(Cc2ccccc2)c2ccccc2S(=O)c2ccccc21.C=C(C)C(=O)OC1(c2ccccc2)c2ccccc2S(=O)c2ccccc21. The van der Waals surface area contributed by atoms with Crippen LogP contribution in [0.5, 0.6) is 0 Å². The number of hydrogen-bond acceptors (Lipinski definition) is 15. The molecule has 5 heterocycles. The molecule has 0 unspecified atom stereocenters. The van der Waals surface area contributed by atoms with Crippen LogP contribution in [0, 0.1) is 24.2 Å². The molecule has 15 nitrogen and oxygen atoms in total. The maximum atomic E-state index is 13.3. The molecule has 0 saturated heterocycles. The monoisotopic (exact) mass is 1830 g/mol. The molecule has 0 aromatic heterocycles. The molecule has 0 amide bonds. The Hall–Kier alpha value is -13.0. The first-order chi connectivity index (χ1) is 63.2. The molecule has 20 heteroatoms. The van der Waals surface area contributed by atoms with Crippen LogP contribution >= 0.6 is 0 Å². The third kappa shape index (κ3) is 17.3. The summed E-state index contributed by atoms with van der Waals surface area (Å²) < 4.78 is 96.2. The zero-order valence-corrected chi connectivity index (χ0v) is 77.5. The quantitative estimate of drug-likeness (QED) is 0.0403. The first-order valence-electron chi connectivity index (χ1n) is 43.3. The lowest BCUT2D eigenvalue weighted by Crippen LogP contribution is -2.45. The van der Waals surface area contributed by atoms with Gasteiger partial charge in [0.1, 0.15) is 0 Å². The lowest BCUT2D eigenvalue weighted by atomic mass is 9.69. The van der Waals surface area contributed by atoms with Crippen molar-refractivity contribution in [2.45, 2.75) is 176 Å². The summed E-state index contributed by atoms with van der Waals surface area (Å²) in [5.74, 6) is 0.628. The lowest BCUT2D eigenvalue weighted by Gasteiger charge is -2.46. The minimum atomic E-state index is -1.41. The molecule has 0 bridgehead atoms. The Balaban J connectivity index is 0.000000126. The zero-order chi connectivity index (χ0) is 92.7. The molecule has 131 heavy (non-hydrogen) atoms. The van der Waals surface area contributed by atoms with Crippen molar-refractivity contribution in [2.75, 3.05) is 0 Å². The van der Waals surface area contributed by atoms with Crippen molar-refractivity contribution in [1.29, 1.82) is 0 Å². The molecule has 0 N–H and O–H groups in total. The number of carbonyl (C=O) groups excluding carboxylic acids is 5. The molecule has 5 aliphatic heterocycles. The number of carbonyl (C=O) groups is 5. The Kier molecular flexibility index (Phi) is 27.9. The van der Waals surface area contributed by atoms with Gasteiger partial charge >= 0.3 is 29.8 Å². The number of esters is 5. The van der Waals surface area contributed by atoms with Gasteiger partial charge in [-0.3, -0.25) is 0 Å². The van der Waals surface area contributed by atoms with Crippen molar-refractivity contribution in [3.63, 3.8) is 0 Å². The largest absolute Gasteiger partial charge is 0.445 e. The van der Waals surface area contributed by atoms with Crippen LogP contribution in [0.2, 0.25) is 0 Å². The van der Waals surface area contributed by atoms with Crippen molar-refractivity contribution >= 4 is 83.8 Å². The van der Waals surface area contributed by atoms with Gasteiger partial charge in [0.2, 0.25) is 5.60 Å². The summed E-state index contributed by atoms with van der Waals surface area (Å²) in [5.41, 5.74) is 5.50. The van der Waals surface area contributed by atoms with Gasteiger partial charge in [-0.2, -0.15) is 0 Å². The fourth-order valence-corrected chi connectivity index (χ4v) is 26.0. The van der Waals surface area contributed by atoms with Gasteiger partial charge in [-0.1, -0.05) is 308 Å². The Labute approximate surface area is 777 Å². The van der Waals surface area contributed by atoms with Gasteiger partial charge in [0, 0.05) is 107 Å². The van der Waals surface area contributed by atoms with E-state index in [4.69, 9.17) is 30.1 Å². The maximum absolute atomic E-state index is 13.3. The van der Waals surface area contributed by atoms with E-state index >= 15 is 0 Å². The van der Waals surface area contributed by atoms with E-state index in [0.29, 0.717) is 80.3 Å². The minimum absolute atomic E-state index is 0.161. The number of ether oxygens (including phenoxy) is 5. The summed E-state index contributed by atoms with van der Waals surface area (Å²) in [5, 5.41) is 0. The molecule has 0 spiro atoms. The summed E-state index contributed by atoms with van der Waals surface area (Å²) >= 11 is 0. The Morgan fingerprint density at radius 3 is 0.832 bits per heavy atom. The Morgan fingerprint density at radius 1 is 0.290 bits per heavy atom. The van der Waals surface area contributed by atoms with Gasteiger partial charge in [0.15, 0.2) is 22.4 Å². The zero-order valence-electron chi connectivity index (χ0n) is 73.4. The molecular formula is C111H98O15S5. The van der Waals surface area contributed by atoms with E-state index in [1.54, 1.807) is 83.1 Å². The van der Waals surface area contributed by atoms with Crippen LogP contribution in [0.3, 0.4) is 0 Å². The van der Waals surface area contributed by atoms with Crippen LogP contribution in [-0.2, 0) is 136 Å². The summed E-state index contributed by atoms with van der Waals surface area (Å²) in [7, 11) is -6.61. The predicted octanol–water partition coefficient (Wildman–Crippen LogP) is 22.3. The van der Waals surface area contributed by atoms with Crippen molar-refractivity contribution < 1.29 is 68.7 Å². The van der Waals surface area contributed by atoms with Gasteiger partial charge in [-0.25, -0.2) is 45.0 Å². The second-order valence-electron chi connectivity index (χ2n) is 33.3. The average Bonchev–Trinajstić information content (AvgIpc) is 1.57. The van der Waals surface area contributed by atoms with Crippen LogP contribution in [0.15, 0.2) is 413 Å². The molecule has 7 aliphatic rings. The molecule has 0 atom stereocenters. The number of benzene rings is 12. The Morgan fingerprint density at radius 2 is 0.519 bits per heavy atom. The van der Waals surface area contributed by atoms with Crippen LogP contribution in [0.4, 0.5) is 0 Å². The Bertz CT molecular complexity index is 6490. The van der Waals surface area contributed by atoms with E-state index in [2.05, 4.69) is 38.8 Å². The van der Waals surface area contributed by atoms with E-state index in [9.17, 15) is 45.0 Å². The van der Waals surface area contributed by atoms with Crippen LogP contribution in [-0.4, -0.2) is 50.9 Å². The van der Waals surface area contributed by atoms with Crippen LogP contribution in [0.1, 0.15) is 159 Å². The summed E-state index contributed by atoms with van der Waals surface area (Å²) in [6.07, 6.45) is 15.9. The third-order valence-corrected chi connectivity index (χ3v) is 32.2. The van der Waals surface area contributed by atoms with E-state index in [1.165, 1.54) is 6.42 Å². The van der Waals surface area contributed by atoms with E-state index in [1.807, 2.05) is 255 Å². The summed E-state index contributed by atoms with van der Waals surface area (Å²) in [6, 6.07) is 94.2. The molecule has 2 aliphatic carbocycles. The van der Waals surface area contributed by atoms with E-state index in [-0.39, 0.29) is 17.4 Å². The van der Waals surface area contributed by atoms with Crippen LogP contribution in [0.25, 0.3) is 0 Å². The van der Waals surface area contributed by atoms with Crippen LogP contribution < -0.4 is 0 Å². The third-order valence-electron chi connectivity index (χ3n) is 24.7. The minimum Gasteiger partial charge on any atom is -0.445 e. The molecule has 0 radical (unpaired) electrons. The van der Waals surface area contributed by atoms with Crippen molar-refractivity contribution in [3.8, 4) is 12.3 Å². The van der Waals surface area contributed by atoms with Gasteiger partial charge in [-0.15, -0.1) is 6.42 Å². The molecule has 12 aromatic carbocycles. The fraction of sp³-hybridized carbons (Fsp3) is 0.198. The van der Waals surface area contributed by atoms with Crippen molar-refractivity contribution in [1.82, 2.24) is 0 Å². The highest BCUT2D eigenvalue weighted by Crippen LogP contribution is 2.58. The molecule has 662 valence electrons. The highest BCUT2D eigenvalue weighted by atomic mass is 32.2. The molecule has 19 rings (SSSR count). The van der Waals surface area contributed by atoms with Crippen molar-refractivity contribution in [3.05, 3.63) is 431 Å². The first-order valence-corrected chi connectivity index (χ1v) is 49.0. The number of terminal acetylenes is 1. The topological polar surface area (TPSA) is 217 Å². The number of rotatable bonds is 15.